The molecule has 142 valence electrons. The van der Waals surface area contributed by atoms with Crippen LogP contribution in [0.5, 0.6) is 0 Å². The lowest BCUT2D eigenvalue weighted by Crippen LogP contribution is -2.49. The number of carbonyl (C=O) groups excluding carboxylic acids is 1. The molecule has 0 aliphatic carbocycles. The second-order valence-electron chi connectivity index (χ2n) is 7.74. The van der Waals surface area contributed by atoms with Crippen molar-refractivity contribution < 1.29 is 9.72 Å². The molecule has 1 aliphatic heterocycles. The second kappa shape index (κ2) is 7.34. The number of nitro groups is 1. The van der Waals surface area contributed by atoms with Crippen molar-refractivity contribution in [3.63, 3.8) is 0 Å². The normalized spacial score (nSPS) is 14.9. The molecule has 2 heterocycles. The van der Waals surface area contributed by atoms with Crippen LogP contribution in [0.3, 0.4) is 0 Å². The molecule has 1 saturated heterocycles. The maximum Gasteiger partial charge on any atom is 0.287 e. The summed E-state index contributed by atoms with van der Waals surface area (Å²) in [6.45, 7) is 8.93. The van der Waals surface area contributed by atoms with Crippen LogP contribution in [0, 0.1) is 10.1 Å². The fourth-order valence-corrected chi connectivity index (χ4v) is 3.11. The minimum atomic E-state index is -0.460. The van der Waals surface area contributed by atoms with Gasteiger partial charge in [-0.2, -0.15) is 0 Å². The third-order valence-electron chi connectivity index (χ3n) is 4.83. The highest BCUT2D eigenvalue weighted by Gasteiger charge is 2.23. The summed E-state index contributed by atoms with van der Waals surface area (Å²) in [7, 11) is 0. The Labute approximate surface area is 158 Å². The van der Waals surface area contributed by atoms with Crippen LogP contribution in [0.15, 0.2) is 42.6 Å². The van der Waals surface area contributed by atoms with Gasteiger partial charge in [-0.3, -0.25) is 14.9 Å². The van der Waals surface area contributed by atoms with E-state index in [0.717, 1.165) is 0 Å². The molecule has 0 bridgehead atoms. The summed E-state index contributed by atoms with van der Waals surface area (Å²) in [5, 5.41) is 10.7. The number of amides is 1. The Morgan fingerprint density at radius 2 is 1.67 bits per heavy atom. The van der Waals surface area contributed by atoms with Crippen LogP contribution < -0.4 is 4.90 Å². The van der Waals surface area contributed by atoms with Gasteiger partial charge in [0.1, 0.15) is 12.0 Å². The third-order valence-corrected chi connectivity index (χ3v) is 4.83. The van der Waals surface area contributed by atoms with Gasteiger partial charge in [-0.1, -0.05) is 32.9 Å². The minimum absolute atomic E-state index is 0.0220. The fourth-order valence-electron chi connectivity index (χ4n) is 3.11. The molecule has 0 saturated carbocycles. The summed E-state index contributed by atoms with van der Waals surface area (Å²) in [4.78, 5) is 31.0. The largest absolute Gasteiger partial charge is 0.353 e. The summed E-state index contributed by atoms with van der Waals surface area (Å²) in [5.41, 5.74) is 1.94. The molecule has 1 aromatic heterocycles. The Hall–Kier alpha value is -2.96. The van der Waals surface area contributed by atoms with E-state index in [0.29, 0.717) is 37.6 Å². The monoisotopic (exact) mass is 368 g/mol. The van der Waals surface area contributed by atoms with Gasteiger partial charge in [0.05, 0.1) is 4.92 Å². The maximum atomic E-state index is 12.7. The van der Waals surface area contributed by atoms with E-state index >= 15 is 0 Å². The first kappa shape index (κ1) is 18.8. The zero-order chi connectivity index (χ0) is 19.6. The summed E-state index contributed by atoms with van der Waals surface area (Å²) in [6.07, 6.45) is 1.27. The number of piperazine rings is 1. The van der Waals surface area contributed by atoms with E-state index < -0.39 is 4.92 Å². The number of rotatable bonds is 3. The Kier molecular flexibility index (Phi) is 5.12. The average molecular weight is 368 g/mol. The molecule has 0 N–H and O–H groups in total. The van der Waals surface area contributed by atoms with Gasteiger partial charge in [0.25, 0.3) is 11.6 Å². The zero-order valence-electron chi connectivity index (χ0n) is 15.9. The molecular weight excluding hydrogens is 344 g/mol. The molecule has 0 radical (unpaired) electrons. The lowest BCUT2D eigenvalue weighted by atomic mass is 9.86. The standard InChI is InChI=1S/C20H24N4O3/c1-20(2,3)16-6-4-15(5-7-16)19(25)23-12-10-22(11-13-23)18-9-8-17(14-21-18)24(26)27/h4-9,14H,10-13H2,1-3H3. The van der Waals surface area contributed by atoms with Gasteiger partial charge >= 0.3 is 0 Å². The molecule has 1 amide bonds. The smallest absolute Gasteiger partial charge is 0.287 e. The van der Waals surface area contributed by atoms with Crippen LogP contribution in [0.25, 0.3) is 0 Å². The van der Waals surface area contributed by atoms with Crippen LogP contribution in [-0.4, -0.2) is 46.9 Å². The summed E-state index contributed by atoms with van der Waals surface area (Å²) >= 11 is 0. The average Bonchev–Trinajstić information content (AvgIpc) is 2.67. The van der Waals surface area contributed by atoms with Gasteiger partial charge in [0.15, 0.2) is 0 Å². The molecule has 7 nitrogen and oxygen atoms in total. The lowest BCUT2D eigenvalue weighted by molar-refractivity contribution is -0.385. The molecule has 0 unspecified atom stereocenters. The molecule has 1 fully saturated rings. The van der Waals surface area contributed by atoms with E-state index in [1.54, 1.807) is 6.07 Å². The Balaban J connectivity index is 1.61. The van der Waals surface area contributed by atoms with Crippen molar-refractivity contribution in [2.45, 2.75) is 26.2 Å². The molecular formula is C20H24N4O3. The predicted octanol–water partition coefficient (Wildman–Crippen LogP) is 3.25. The van der Waals surface area contributed by atoms with Crippen LogP contribution in [0.4, 0.5) is 11.5 Å². The summed E-state index contributed by atoms with van der Waals surface area (Å²) in [6, 6.07) is 10.9. The van der Waals surface area contributed by atoms with E-state index in [4.69, 9.17) is 0 Å². The van der Waals surface area contributed by atoms with Crippen molar-refractivity contribution in [2.75, 3.05) is 31.1 Å². The van der Waals surface area contributed by atoms with E-state index in [9.17, 15) is 14.9 Å². The molecule has 0 atom stereocenters. The number of pyridine rings is 1. The summed E-state index contributed by atoms with van der Waals surface area (Å²) in [5.74, 6) is 0.731. The Morgan fingerprint density at radius 1 is 1.04 bits per heavy atom. The SMILES string of the molecule is CC(C)(C)c1ccc(C(=O)N2CCN(c3ccc([N+](=O)[O-])cn3)CC2)cc1. The number of hydrogen-bond acceptors (Lipinski definition) is 5. The maximum absolute atomic E-state index is 12.7. The number of aromatic nitrogens is 1. The zero-order valence-corrected chi connectivity index (χ0v) is 15.9. The number of anilines is 1. The van der Waals surface area contributed by atoms with Crippen LogP contribution in [0.2, 0.25) is 0 Å². The summed E-state index contributed by atoms with van der Waals surface area (Å²) < 4.78 is 0. The highest BCUT2D eigenvalue weighted by molar-refractivity contribution is 5.94. The first-order valence-corrected chi connectivity index (χ1v) is 9.01. The van der Waals surface area contributed by atoms with Gasteiger partial charge in [-0.15, -0.1) is 0 Å². The minimum Gasteiger partial charge on any atom is -0.353 e. The number of carbonyl (C=O) groups is 1. The number of benzene rings is 1. The molecule has 1 aromatic carbocycles. The molecule has 2 aromatic rings. The van der Waals surface area contributed by atoms with E-state index in [-0.39, 0.29) is 17.0 Å². The molecule has 0 spiro atoms. The highest BCUT2D eigenvalue weighted by atomic mass is 16.6. The van der Waals surface area contributed by atoms with Crippen molar-refractivity contribution in [1.82, 2.24) is 9.88 Å². The van der Waals surface area contributed by atoms with Crippen molar-refractivity contribution in [2.24, 2.45) is 0 Å². The van der Waals surface area contributed by atoms with Gasteiger partial charge in [-0.05, 0) is 29.2 Å². The van der Waals surface area contributed by atoms with E-state index in [1.807, 2.05) is 34.1 Å². The van der Waals surface area contributed by atoms with Crippen molar-refractivity contribution in [3.05, 3.63) is 63.8 Å². The fraction of sp³-hybridized carbons (Fsp3) is 0.400. The topological polar surface area (TPSA) is 79.6 Å². The Morgan fingerprint density at radius 3 is 2.15 bits per heavy atom. The van der Waals surface area contributed by atoms with Crippen LogP contribution in [-0.2, 0) is 5.41 Å². The molecule has 3 rings (SSSR count). The van der Waals surface area contributed by atoms with Crippen LogP contribution >= 0.6 is 0 Å². The van der Waals surface area contributed by atoms with Crippen LogP contribution in [0.1, 0.15) is 36.7 Å². The Bertz CT molecular complexity index is 818. The lowest BCUT2D eigenvalue weighted by Gasteiger charge is -2.35. The van der Waals surface area contributed by atoms with Gasteiger partial charge in [-0.25, -0.2) is 4.98 Å². The first-order valence-electron chi connectivity index (χ1n) is 9.01. The van der Waals surface area contributed by atoms with Crippen molar-refractivity contribution >= 4 is 17.4 Å². The predicted molar refractivity (Wildman–Crippen MR) is 104 cm³/mol. The molecule has 27 heavy (non-hydrogen) atoms. The first-order chi connectivity index (χ1) is 12.8. The number of nitrogens with zero attached hydrogens (tertiary/aromatic N) is 4. The van der Waals surface area contributed by atoms with E-state index in [2.05, 4.69) is 25.8 Å². The quantitative estimate of drug-likeness (QED) is 0.614. The van der Waals surface area contributed by atoms with Crippen molar-refractivity contribution in [3.8, 4) is 0 Å². The van der Waals surface area contributed by atoms with Crippen molar-refractivity contribution in [1.29, 1.82) is 0 Å². The highest BCUT2D eigenvalue weighted by Crippen LogP contribution is 2.23. The van der Waals surface area contributed by atoms with Gasteiger partial charge in [0.2, 0.25) is 0 Å². The number of hydrogen-bond donors (Lipinski definition) is 0. The van der Waals surface area contributed by atoms with E-state index in [1.165, 1.54) is 17.8 Å². The second-order valence-corrected chi connectivity index (χ2v) is 7.74. The van der Waals surface area contributed by atoms with Gasteiger partial charge < -0.3 is 9.80 Å². The third kappa shape index (κ3) is 4.24. The van der Waals surface area contributed by atoms with Gasteiger partial charge in [0, 0.05) is 37.8 Å². The molecule has 7 heteroatoms. The molecule has 1 aliphatic rings.